The molecule has 1 aromatic carbocycles. The van der Waals surface area contributed by atoms with Gasteiger partial charge < -0.3 is 14.2 Å². The molecule has 1 heterocycles. The summed E-state index contributed by atoms with van der Waals surface area (Å²) in [5, 5.41) is 0. The predicted molar refractivity (Wildman–Crippen MR) is 82.1 cm³/mol. The Balaban J connectivity index is 2.01. The van der Waals surface area contributed by atoms with Gasteiger partial charge in [-0.1, -0.05) is 38.8 Å². The third kappa shape index (κ3) is 1.55. The van der Waals surface area contributed by atoms with Crippen molar-refractivity contribution in [3.63, 3.8) is 0 Å². The van der Waals surface area contributed by atoms with Crippen LogP contribution in [0.15, 0.2) is 11.6 Å². The van der Waals surface area contributed by atoms with Crippen molar-refractivity contribution in [3.05, 3.63) is 22.8 Å². The van der Waals surface area contributed by atoms with Crippen molar-refractivity contribution in [2.24, 2.45) is 5.41 Å². The Morgan fingerprint density at radius 2 is 1.95 bits per heavy atom. The summed E-state index contributed by atoms with van der Waals surface area (Å²) in [7, 11) is 1.73. The highest BCUT2D eigenvalue weighted by Crippen LogP contribution is 2.62. The van der Waals surface area contributed by atoms with Crippen LogP contribution >= 0.6 is 0 Å². The Morgan fingerprint density at radius 3 is 2.71 bits per heavy atom. The minimum absolute atomic E-state index is 0.0450. The van der Waals surface area contributed by atoms with Crippen LogP contribution in [0.3, 0.4) is 0 Å². The molecule has 1 aliphatic heterocycles. The third-order valence-corrected chi connectivity index (χ3v) is 5.53. The first-order chi connectivity index (χ1) is 9.97. The molecular weight excluding hydrogens is 264 g/mol. The molecule has 0 aromatic heterocycles. The molecule has 3 heteroatoms. The van der Waals surface area contributed by atoms with Gasteiger partial charge in [-0.2, -0.15) is 0 Å². The van der Waals surface area contributed by atoms with Crippen molar-refractivity contribution >= 4 is 6.08 Å². The molecule has 1 unspecified atom stereocenters. The maximum atomic E-state index is 5.81. The summed E-state index contributed by atoms with van der Waals surface area (Å²) in [4.78, 5) is 0. The maximum Gasteiger partial charge on any atom is 0.231 e. The highest BCUT2D eigenvalue weighted by Gasteiger charge is 2.50. The number of hydrogen-bond acceptors (Lipinski definition) is 3. The monoisotopic (exact) mass is 286 g/mol. The van der Waals surface area contributed by atoms with E-state index in [1.165, 1.54) is 29.5 Å². The topological polar surface area (TPSA) is 27.7 Å². The molecule has 3 aliphatic rings. The summed E-state index contributed by atoms with van der Waals surface area (Å²) in [6.07, 6.45) is 5.99. The third-order valence-electron chi connectivity index (χ3n) is 5.53. The van der Waals surface area contributed by atoms with E-state index in [9.17, 15) is 0 Å². The summed E-state index contributed by atoms with van der Waals surface area (Å²) in [5.74, 6) is 2.65. The fourth-order valence-electron chi connectivity index (χ4n) is 4.55. The first-order valence-electron chi connectivity index (χ1n) is 7.71. The van der Waals surface area contributed by atoms with Crippen molar-refractivity contribution < 1.29 is 14.2 Å². The van der Waals surface area contributed by atoms with Crippen LogP contribution in [0.25, 0.3) is 6.08 Å². The van der Waals surface area contributed by atoms with Crippen LogP contribution in [0.2, 0.25) is 0 Å². The van der Waals surface area contributed by atoms with E-state index in [1.807, 2.05) is 6.07 Å². The molecule has 1 saturated carbocycles. The van der Waals surface area contributed by atoms with Crippen molar-refractivity contribution in [1.29, 1.82) is 0 Å². The number of hydrogen-bond donors (Lipinski definition) is 0. The second kappa shape index (κ2) is 3.96. The molecule has 1 fully saturated rings. The van der Waals surface area contributed by atoms with Gasteiger partial charge in [-0.25, -0.2) is 0 Å². The number of fused-ring (bicyclic) bond motifs is 5. The van der Waals surface area contributed by atoms with Crippen molar-refractivity contribution in [3.8, 4) is 17.2 Å². The molecule has 0 saturated heterocycles. The van der Waals surface area contributed by atoms with Crippen LogP contribution < -0.4 is 14.2 Å². The second-order valence-electron chi connectivity index (χ2n) is 7.23. The van der Waals surface area contributed by atoms with E-state index in [0.717, 1.165) is 23.7 Å². The van der Waals surface area contributed by atoms with E-state index in [4.69, 9.17) is 14.2 Å². The van der Waals surface area contributed by atoms with E-state index in [1.54, 1.807) is 7.11 Å². The van der Waals surface area contributed by atoms with Crippen LogP contribution in [0.1, 0.15) is 51.2 Å². The number of methoxy groups -OCH3 is 1. The number of ether oxygens (including phenoxy) is 3. The van der Waals surface area contributed by atoms with Gasteiger partial charge in [-0.15, -0.1) is 0 Å². The molecule has 3 nitrogen and oxygen atoms in total. The van der Waals surface area contributed by atoms with Gasteiger partial charge in [0.05, 0.1) is 7.11 Å². The molecule has 0 amide bonds. The molecule has 2 aliphatic carbocycles. The van der Waals surface area contributed by atoms with Gasteiger partial charge in [0.2, 0.25) is 6.79 Å². The van der Waals surface area contributed by atoms with Crippen LogP contribution in [0.5, 0.6) is 17.2 Å². The van der Waals surface area contributed by atoms with Gasteiger partial charge in [-0.3, -0.25) is 0 Å². The minimum atomic E-state index is 0.0450. The maximum absolute atomic E-state index is 5.81. The number of allylic oxidation sites excluding steroid dienone is 1. The Hall–Kier alpha value is -1.64. The minimum Gasteiger partial charge on any atom is -0.496 e. The van der Waals surface area contributed by atoms with E-state index in [-0.39, 0.29) is 10.8 Å². The van der Waals surface area contributed by atoms with E-state index < -0.39 is 0 Å². The highest BCUT2D eigenvalue weighted by molar-refractivity contribution is 5.80. The number of rotatable bonds is 1. The lowest BCUT2D eigenvalue weighted by Crippen LogP contribution is -2.35. The first-order valence-corrected chi connectivity index (χ1v) is 7.71. The molecule has 0 bridgehead atoms. The van der Waals surface area contributed by atoms with E-state index >= 15 is 0 Å². The van der Waals surface area contributed by atoms with E-state index in [0.29, 0.717) is 6.79 Å². The Kier molecular flexibility index (Phi) is 2.46. The number of benzene rings is 1. The molecule has 1 aromatic rings. The normalized spacial score (nSPS) is 27.9. The van der Waals surface area contributed by atoms with Gasteiger partial charge in [-0.05, 0) is 18.3 Å². The lowest BCUT2D eigenvalue weighted by Gasteiger charge is -2.44. The largest absolute Gasteiger partial charge is 0.496 e. The molecule has 112 valence electrons. The zero-order valence-corrected chi connectivity index (χ0v) is 13.2. The average Bonchev–Trinajstić information content (AvgIpc) is 2.99. The summed E-state index contributed by atoms with van der Waals surface area (Å²) in [6.45, 7) is 7.37. The molecule has 0 spiro atoms. The van der Waals surface area contributed by atoms with Crippen LogP contribution in [0.4, 0.5) is 0 Å². The fraction of sp³-hybridized carbons (Fsp3) is 0.556. The standard InChI is InChI=1S/C18H22O3/c1-17(2)6-5-7-18(3)14(17)8-11-12(19-4)9-13-16(15(11)18)21-10-20-13/h8-9H,5-7,10H2,1-4H3. The summed E-state index contributed by atoms with van der Waals surface area (Å²) in [5.41, 5.74) is 4.25. The van der Waals surface area contributed by atoms with Gasteiger partial charge >= 0.3 is 0 Å². The predicted octanol–water partition coefficient (Wildman–Crippen LogP) is 4.29. The highest BCUT2D eigenvalue weighted by atomic mass is 16.7. The molecule has 1 atom stereocenters. The molecule has 21 heavy (non-hydrogen) atoms. The van der Waals surface area contributed by atoms with Crippen LogP contribution in [-0.2, 0) is 5.41 Å². The van der Waals surface area contributed by atoms with Crippen molar-refractivity contribution in [1.82, 2.24) is 0 Å². The second-order valence-corrected chi connectivity index (χ2v) is 7.23. The van der Waals surface area contributed by atoms with E-state index in [2.05, 4.69) is 26.8 Å². The smallest absolute Gasteiger partial charge is 0.231 e. The van der Waals surface area contributed by atoms with Gasteiger partial charge in [0, 0.05) is 22.6 Å². The van der Waals surface area contributed by atoms with Crippen molar-refractivity contribution in [2.45, 2.75) is 45.4 Å². The van der Waals surface area contributed by atoms with Gasteiger partial charge in [0.15, 0.2) is 11.5 Å². The van der Waals surface area contributed by atoms with Gasteiger partial charge in [0.1, 0.15) is 5.75 Å². The molecule has 0 radical (unpaired) electrons. The summed E-state index contributed by atoms with van der Waals surface area (Å²) >= 11 is 0. The summed E-state index contributed by atoms with van der Waals surface area (Å²) in [6, 6.07) is 1.96. The molecule has 4 rings (SSSR count). The summed E-state index contributed by atoms with van der Waals surface area (Å²) < 4.78 is 17.1. The van der Waals surface area contributed by atoms with Crippen LogP contribution in [-0.4, -0.2) is 13.9 Å². The average molecular weight is 286 g/mol. The lowest BCUT2D eigenvalue weighted by molar-refractivity contribution is 0.171. The zero-order chi connectivity index (χ0) is 14.8. The van der Waals surface area contributed by atoms with Crippen LogP contribution in [0, 0.1) is 5.41 Å². The molecule has 0 N–H and O–H groups in total. The molecular formula is C18H22O3. The fourth-order valence-corrected chi connectivity index (χ4v) is 4.55. The lowest BCUT2D eigenvalue weighted by atomic mass is 9.60. The Morgan fingerprint density at radius 1 is 1.14 bits per heavy atom. The van der Waals surface area contributed by atoms with Crippen molar-refractivity contribution in [2.75, 3.05) is 13.9 Å². The SMILES string of the molecule is COc1cc2c(c3c1C=C1C(C)(C)CCCC13C)OCO2. The zero-order valence-electron chi connectivity index (χ0n) is 13.2. The Labute approximate surface area is 125 Å². The van der Waals surface area contributed by atoms with Gasteiger partial charge in [0.25, 0.3) is 0 Å². The Bertz CT molecular complexity index is 657. The first kappa shape index (κ1) is 13.1. The quantitative estimate of drug-likeness (QED) is 0.771.